The lowest BCUT2D eigenvalue weighted by Gasteiger charge is -2.41. The minimum absolute atomic E-state index is 0.0494. The number of piperidine rings is 1. The molecule has 1 aromatic rings. The van der Waals surface area contributed by atoms with Crippen molar-refractivity contribution in [2.24, 2.45) is 4.99 Å². The summed E-state index contributed by atoms with van der Waals surface area (Å²) in [7, 11) is -1.58. The van der Waals surface area contributed by atoms with Crippen LogP contribution in [0.15, 0.2) is 29.3 Å². The standard InChI is InChI=1S/C19H33N5O2S/c1-19(2,24-12-8-5-9-13-24)15-22-18(20-3)21-14-16-10-6-7-11-17(16)23-27(4,25)26/h6-7,10-11,23H,5,8-9,12-15H2,1-4H3,(H2,20,21,22). The number of sulfonamides is 1. The molecule has 8 heteroatoms. The minimum atomic E-state index is -3.32. The number of rotatable bonds is 7. The average Bonchev–Trinajstić information content (AvgIpc) is 2.62. The van der Waals surface area contributed by atoms with E-state index in [1.165, 1.54) is 19.3 Å². The Morgan fingerprint density at radius 3 is 2.44 bits per heavy atom. The summed E-state index contributed by atoms with van der Waals surface area (Å²) in [6, 6.07) is 7.35. The Hall–Kier alpha value is -1.80. The molecule has 0 unspecified atom stereocenters. The summed E-state index contributed by atoms with van der Waals surface area (Å²) in [5, 5.41) is 6.68. The SMILES string of the molecule is CN=C(NCc1ccccc1NS(C)(=O)=O)NCC(C)(C)N1CCCCC1. The maximum Gasteiger partial charge on any atom is 0.229 e. The maximum atomic E-state index is 11.5. The van der Waals surface area contributed by atoms with E-state index in [0.717, 1.165) is 31.5 Å². The molecule has 0 aliphatic carbocycles. The predicted molar refractivity (Wildman–Crippen MR) is 113 cm³/mol. The summed E-state index contributed by atoms with van der Waals surface area (Å²) >= 11 is 0. The van der Waals surface area contributed by atoms with Crippen LogP contribution in [0.3, 0.4) is 0 Å². The van der Waals surface area contributed by atoms with E-state index >= 15 is 0 Å². The van der Waals surface area contributed by atoms with Gasteiger partial charge in [0, 0.05) is 25.7 Å². The first-order valence-corrected chi connectivity index (χ1v) is 11.4. The summed E-state index contributed by atoms with van der Waals surface area (Å²) in [6.45, 7) is 8.06. The molecule has 1 aliphatic heterocycles. The first-order chi connectivity index (χ1) is 12.7. The van der Waals surface area contributed by atoms with E-state index in [1.54, 1.807) is 13.1 Å². The third kappa shape index (κ3) is 7.03. The minimum Gasteiger partial charge on any atom is -0.355 e. The van der Waals surface area contributed by atoms with Gasteiger partial charge in [-0.05, 0) is 51.4 Å². The van der Waals surface area contributed by atoms with Crippen molar-refractivity contribution in [1.29, 1.82) is 0 Å². The largest absolute Gasteiger partial charge is 0.355 e. The molecule has 0 amide bonds. The summed E-state index contributed by atoms with van der Waals surface area (Å²) in [6.07, 6.45) is 5.01. The highest BCUT2D eigenvalue weighted by molar-refractivity contribution is 7.92. The number of anilines is 1. The van der Waals surface area contributed by atoms with E-state index in [0.29, 0.717) is 18.2 Å². The molecule has 2 rings (SSSR count). The van der Waals surface area contributed by atoms with Gasteiger partial charge in [0.1, 0.15) is 0 Å². The third-order valence-corrected chi connectivity index (χ3v) is 5.47. The van der Waals surface area contributed by atoms with Crippen LogP contribution in [0.2, 0.25) is 0 Å². The molecule has 1 aromatic carbocycles. The number of likely N-dealkylation sites (tertiary alicyclic amines) is 1. The number of nitrogens with one attached hydrogen (secondary N) is 3. The van der Waals surface area contributed by atoms with Gasteiger partial charge in [-0.1, -0.05) is 24.6 Å². The molecular formula is C19H33N5O2S. The molecule has 0 aromatic heterocycles. The summed E-state index contributed by atoms with van der Waals surface area (Å²) in [5.41, 5.74) is 1.49. The molecule has 0 bridgehead atoms. The molecular weight excluding hydrogens is 362 g/mol. The second kappa shape index (κ2) is 9.41. The normalized spacial score (nSPS) is 16.8. The topological polar surface area (TPSA) is 85.8 Å². The van der Waals surface area contributed by atoms with Crippen LogP contribution in [0.5, 0.6) is 0 Å². The van der Waals surface area contributed by atoms with Crippen LogP contribution in [-0.2, 0) is 16.6 Å². The van der Waals surface area contributed by atoms with Crippen LogP contribution < -0.4 is 15.4 Å². The number of benzene rings is 1. The lowest BCUT2D eigenvalue weighted by atomic mass is 9.98. The smallest absolute Gasteiger partial charge is 0.229 e. The van der Waals surface area contributed by atoms with Crippen molar-refractivity contribution in [2.45, 2.75) is 45.2 Å². The van der Waals surface area contributed by atoms with Crippen molar-refractivity contribution in [3.8, 4) is 0 Å². The highest BCUT2D eigenvalue weighted by Crippen LogP contribution is 2.20. The van der Waals surface area contributed by atoms with Crippen LogP contribution in [0, 0.1) is 0 Å². The van der Waals surface area contributed by atoms with Gasteiger partial charge in [-0.25, -0.2) is 8.42 Å². The van der Waals surface area contributed by atoms with Crippen LogP contribution >= 0.6 is 0 Å². The Kier molecular flexibility index (Phi) is 7.49. The fourth-order valence-electron chi connectivity index (χ4n) is 3.28. The van der Waals surface area contributed by atoms with Crippen LogP contribution in [0.25, 0.3) is 0 Å². The number of nitrogens with zero attached hydrogens (tertiary/aromatic N) is 2. The molecule has 0 saturated carbocycles. The monoisotopic (exact) mass is 395 g/mol. The fraction of sp³-hybridized carbons (Fsp3) is 0.632. The Morgan fingerprint density at radius 2 is 1.81 bits per heavy atom. The zero-order valence-corrected chi connectivity index (χ0v) is 17.7. The van der Waals surface area contributed by atoms with Gasteiger partial charge in [-0.2, -0.15) is 0 Å². The molecule has 1 saturated heterocycles. The van der Waals surface area contributed by atoms with Crippen molar-refractivity contribution in [1.82, 2.24) is 15.5 Å². The average molecular weight is 396 g/mol. The maximum absolute atomic E-state index is 11.5. The quantitative estimate of drug-likeness (QED) is 0.486. The predicted octanol–water partition coefficient (Wildman–Crippen LogP) is 1.99. The van der Waals surface area contributed by atoms with Gasteiger partial charge in [0.25, 0.3) is 0 Å². The first kappa shape index (κ1) is 21.5. The molecule has 152 valence electrons. The second-order valence-corrected chi connectivity index (χ2v) is 9.42. The second-order valence-electron chi connectivity index (χ2n) is 7.67. The zero-order chi connectivity index (χ0) is 19.9. The lowest BCUT2D eigenvalue weighted by Crippen LogP contribution is -2.54. The fourth-order valence-corrected chi connectivity index (χ4v) is 3.88. The van der Waals surface area contributed by atoms with E-state index in [1.807, 2.05) is 18.2 Å². The Bertz CT molecular complexity index is 740. The molecule has 1 aliphatic rings. The van der Waals surface area contributed by atoms with E-state index in [4.69, 9.17) is 0 Å². The molecule has 0 spiro atoms. The third-order valence-electron chi connectivity index (χ3n) is 4.88. The van der Waals surface area contributed by atoms with Gasteiger partial charge in [-0.15, -0.1) is 0 Å². The van der Waals surface area contributed by atoms with Gasteiger partial charge in [-0.3, -0.25) is 14.6 Å². The van der Waals surface area contributed by atoms with E-state index < -0.39 is 10.0 Å². The van der Waals surface area contributed by atoms with E-state index in [9.17, 15) is 8.42 Å². The van der Waals surface area contributed by atoms with Gasteiger partial charge >= 0.3 is 0 Å². The number of hydrogen-bond donors (Lipinski definition) is 3. The lowest BCUT2D eigenvalue weighted by molar-refractivity contribution is 0.0982. The number of hydrogen-bond acceptors (Lipinski definition) is 4. The summed E-state index contributed by atoms with van der Waals surface area (Å²) in [5.74, 6) is 0.703. The van der Waals surface area contributed by atoms with Gasteiger partial charge in [0.2, 0.25) is 10.0 Å². The molecule has 0 atom stereocenters. The van der Waals surface area contributed by atoms with Crippen molar-refractivity contribution < 1.29 is 8.42 Å². The van der Waals surface area contributed by atoms with Crippen molar-refractivity contribution in [2.75, 3.05) is 37.7 Å². The number of aliphatic imine (C=N–C) groups is 1. The summed E-state index contributed by atoms with van der Waals surface area (Å²) in [4.78, 5) is 6.82. The number of guanidine groups is 1. The molecule has 1 fully saturated rings. The molecule has 3 N–H and O–H groups in total. The van der Waals surface area contributed by atoms with E-state index in [2.05, 4.69) is 39.1 Å². The van der Waals surface area contributed by atoms with Gasteiger partial charge in [0.15, 0.2) is 5.96 Å². The van der Waals surface area contributed by atoms with E-state index in [-0.39, 0.29) is 5.54 Å². The Morgan fingerprint density at radius 1 is 1.15 bits per heavy atom. The summed E-state index contributed by atoms with van der Waals surface area (Å²) < 4.78 is 25.6. The van der Waals surface area contributed by atoms with Crippen molar-refractivity contribution in [3.63, 3.8) is 0 Å². The van der Waals surface area contributed by atoms with Crippen molar-refractivity contribution >= 4 is 21.7 Å². The molecule has 27 heavy (non-hydrogen) atoms. The number of para-hydroxylation sites is 1. The Labute approximate surface area is 163 Å². The van der Waals surface area contributed by atoms with Gasteiger partial charge in [0.05, 0.1) is 11.9 Å². The van der Waals surface area contributed by atoms with Crippen LogP contribution in [0.1, 0.15) is 38.7 Å². The Balaban J connectivity index is 1.92. The van der Waals surface area contributed by atoms with Crippen LogP contribution in [-0.4, -0.2) is 57.8 Å². The first-order valence-electron chi connectivity index (χ1n) is 9.46. The van der Waals surface area contributed by atoms with Crippen LogP contribution in [0.4, 0.5) is 5.69 Å². The van der Waals surface area contributed by atoms with Crippen molar-refractivity contribution in [3.05, 3.63) is 29.8 Å². The molecule has 0 radical (unpaired) electrons. The molecule has 1 heterocycles. The highest BCUT2D eigenvalue weighted by Gasteiger charge is 2.27. The highest BCUT2D eigenvalue weighted by atomic mass is 32.2. The zero-order valence-electron chi connectivity index (χ0n) is 16.9. The van der Waals surface area contributed by atoms with Gasteiger partial charge < -0.3 is 10.6 Å². The molecule has 7 nitrogen and oxygen atoms in total.